The van der Waals surface area contributed by atoms with Crippen LogP contribution in [0, 0.1) is 18.3 Å². The second kappa shape index (κ2) is 6.28. The molecule has 74 valence electrons. The Labute approximate surface area is 89.1 Å². The Morgan fingerprint density at radius 1 is 0.933 bits per heavy atom. The smallest absolute Gasteiger partial charge is 0.0992 e. The molecule has 0 aliphatic heterocycles. The summed E-state index contributed by atoms with van der Waals surface area (Å²) in [5.74, 6) is 0. The maximum Gasteiger partial charge on any atom is 0.0992 e. The highest BCUT2D eigenvalue weighted by Gasteiger charge is 1.80. The molecule has 0 N–H and O–H groups in total. The Hall–Kier alpha value is -2.21. The molecular formula is C12H11N3. The molecule has 0 fully saturated rings. The summed E-state index contributed by atoms with van der Waals surface area (Å²) in [6.45, 7) is 2.04. The van der Waals surface area contributed by atoms with Crippen LogP contribution in [0.5, 0.6) is 0 Å². The zero-order valence-electron chi connectivity index (χ0n) is 8.46. The van der Waals surface area contributed by atoms with Gasteiger partial charge in [0, 0.05) is 24.8 Å². The molecule has 0 aromatic carbocycles. The van der Waals surface area contributed by atoms with Crippen LogP contribution in [-0.2, 0) is 0 Å². The van der Waals surface area contributed by atoms with Gasteiger partial charge in [0.25, 0.3) is 0 Å². The predicted octanol–water partition coefficient (Wildman–Crippen LogP) is 2.34. The monoisotopic (exact) mass is 197 g/mol. The topological polar surface area (TPSA) is 49.6 Å². The number of nitrogens with zero attached hydrogens (tertiary/aromatic N) is 3. The first-order chi connectivity index (χ1) is 7.33. The van der Waals surface area contributed by atoms with E-state index in [1.807, 2.05) is 25.1 Å². The molecule has 2 aromatic heterocycles. The molecule has 0 saturated heterocycles. The number of hydrogen-bond donors (Lipinski definition) is 0. The van der Waals surface area contributed by atoms with E-state index in [1.54, 1.807) is 36.9 Å². The van der Waals surface area contributed by atoms with Gasteiger partial charge in [-0.2, -0.15) is 5.26 Å². The van der Waals surface area contributed by atoms with Crippen LogP contribution in [0.4, 0.5) is 0 Å². The number of hydrogen-bond acceptors (Lipinski definition) is 3. The lowest BCUT2D eigenvalue weighted by molar-refractivity contribution is 1.29. The number of aromatic nitrogens is 2. The SMILES string of the molecule is Cc1ccncc1.N#Cc1ccncc1. The molecule has 0 bridgehead atoms. The van der Waals surface area contributed by atoms with Crippen LogP contribution in [0.25, 0.3) is 0 Å². The summed E-state index contributed by atoms with van der Waals surface area (Å²) in [7, 11) is 0. The molecule has 0 spiro atoms. The van der Waals surface area contributed by atoms with E-state index in [0.717, 1.165) is 0 Å². The lowest BCUT2D eigenvalue weighted by atomic mass is 10.3. The zero-order valence-corrected chi connectivity index (χ0v) is 8.46. The Bertz CT molecular complexity index is 418. The third-order valence-corrected chi connectivity index (χ3v) is 1.66. The van der Waals surface area contributed by atoms with Crippen molar-refractivity contribution in [3.63, 3.8) is 0 Å². The van der Waals surface area contributed by atoms with Crippen molar-refractivity contribution in [3.8, 4) is 6.07 Å². The van der Waals surface area contributed by atoms with Crippen LogP contribution < -0.4 is 0 Å². The molecule has 0 saturated carbocycles. The lowest BCUT2D eigenvalue weighted by Gasteiger charge is -1.82. The third kappa shape index (κ3) is 4.53. The number of nitriles is 1. The molecule has 2 rings (SSSR count). The van der Waals surface area contributed by atoms with Crippen molar-refractivity contribution >= 4 is 0 Å². The van der Waals surface area contributed by atoms with Crippen molar-refractivity contribution in [2.75, 3.05) is 0 Å². The first-order valence-corrected chi connectivity index (χ1v) is 4.49. The first kappa shape index (κ1) is 10.9. The maximum atomic E-state index is 8.26. The summed E-state index contributed by atoms with van der Waals surface area (Å²) in [6, 6.07) is 9.26. The van der Waals surface area contributed by atoms with Crippen LogP contribution in [0.15, 0.2) is 49.1 Å². The Morgan fingerprint density at radius 3 is 1.67 bits per heavy atom. The van der Waals surface area contributed by atoms with E-state index in [1.165, 1.54) is 5.56 Å². The molecule has 0 atom stereocenters. The van der Waals surface area contributed by atoms with Crippen molar-refractivity contribution in [1.82, 2.24) is 9.97 Å². The van der Waals surface area contributed by atoms with Crippen molar-refractivity contribution in [3.05, 3.63) is 60.2 Å². The molecule has 2 aromatic rings. The van der Waals surface area contributed by atoms with E-state index in [4.69, 9.17) is 5.26 Å². The van der Waals surface area contributed by atoms with Crippen molar-refractivity contribution in [1.29, 1.82) is 5.26 Å². The molecular weight excluding hydrogens is 186 g/mol. The average molecular weight is 197 g/mol. The van der Waals surface area contributed by atoms with Crippen molar-refractivity contribution in [2.24, 2.45) is 0 Å². The minimum atomic E-state index is 0.653. The maximum absolute atomic E-state index is 8.26. The third-order valence-electron chi connectivity index (χ3n) is 1.66. The quantitative estimate of drug-likeness (QED) is 0.651. The molecule has 0 aliphatic rings. The van der Waals surface area contributed by atoms with Crippen LogP contribution in [0.2, 0.25) is 0 Å². The second-order valence-corrected chi connectivity index (χ2v) is 2.87. The van der Waals surface area contributed by atoms with Gasteiger partial charge in [-0.1, -0.05) is 0 Å². The highest BCUT2D eigenvalue weighted by Crippen LogP contribution is 1.90. The summed E-state index contributed by atoms with van der Waals surface area (Å²) in [4.78, 5) is 7.59. The Kier molecular flexibility index (Phi) is 4.55. The van der Waals surface area contributed by atoms with Gasteiger partial charge in [0.05, 0.1) is 11.6 Å². The molecule has 15 heavy (non-hydrogen) atoms. The van der Waals surface area contributed by atoms with Crippen molar-refractivity contribution in [2.45, 2.75) is 6.92 Å². The molecule has 0 unspecified atom stereocenters. The van der Waals surface area contributed by atoms with Gasteiger partial charge in [0.1, 0.15) is 0 Å². The first-order valence-electron chi connectivity index (χ1n) is 4.49. The fraction of sp³-hybridized carbons (Fsp3) is 0.0833. The Morgan fingerprint density at radius 2 is 1.40 bits per heavy atom. The fourth-order valence-electron chi connectivity index (χ4n) is 0.853. The summed E-state index contributed by atoms with van der Waals surface area (Å²) in [5, 5.41) is 8.26. The fourth-order valence-corrected chi connectivity index (χ4v) is 0.853. The average Bonchev–Trinajstić information content (AvgIpc) is 2.32. The molecule has 0 amide bonds. The zero-order chi connectivity index (χ0) is 10.9. The van der Waals surface area contributed by atoms with E-state index in [-0.39, 0.29) is 0 Å². The summed E-state index contributed by atoms with van der Waals surface area (Å²) in [6.07, 6.45) is 6.77. The van der Waals surface area contributed by atoms with Gasteiger partial charge in [-0.3, -0.25) is 9.97 Å². The minimum absolute atomic E-state index is 0.653. The normalized spacial score (nSPS) is 8.27. The second-order valence-electron chi connectivity index (χ2n) is 2.87. The largest absolute Gasteiger partial charge is 0.265 e. The minimum Gasteiger partial charge on any atom is -0.265 e. The molecule has 0 aliphatic carbocycles. The van der Waals surface area contributed by atoms with E-state index in [9.17, 15) is 0 Å². The van der Waals surface area contributed by atoms with Gasteiger partial charge in [-0.05, 0) is 36.8 Å². The lowest BCUT2D eigenvalue weighted by Crippen LogP contribution is -1.71. The van der Waals surface area contributed by atoms with Gasteiger partial charge in [-0.15, -0.1) is 0 Å². The van der Waals surface area contributed by atoms with Gasteiger partial charge in [0.2, 0.25) is 0 Å². The Balaban J connectivity index is 0.000000151. The van der Waals surface area contributed by atoms with E-state index >= 15 is 0 Å². The van der Waals surface area contributed by atoms with Crippen LogP contribution in [0.3, 0.4) is 0 Å². The molecule has 2 heterocycles. The predicted molar refractivity (Wildman–Crippen MR) is 57.9 cm³/mol. The number of rotatable bonds is 0. The van der Waals surface area contributed by atoms with Crippen LogP contribution >= 0.6 is 0 Å². The van der Waals surface area contributed by atoms with Gasteiger partial charge >= 0.3 is 0 Å². The van der Waals surface area contributed by atoms with E-state index < -0.39 is 0 Å². The number of aryl methyl sites for hydroxylation is 1. The summed E-state index contributed by atoms with van der Waals surface area (Å²) in [5.41, 5.74) is 1.91. The van der Waals surface area contributed by atoms with Gasteiger partial charge < -0.3 is 0 Å². The number of pyridine rings is 2. The summed E-state index contributed by atoms with van der Waals surface area (Å²) >= 11 is 0. The molecule has 0 radical (unpaired) electrons. The van der Waals surface area contributed by atoms with E-state index in [0.29, 0.717) is 5.56 Å². The molecule has 3 heteroatoms. The van der Waals surface area contributed by atoms with Gasteiger partial charge in [-0.25, -0.2) is 0 Å². The molecule has 3 nitrogen and oxygen atoms in total. The van der Waals surface area contributed by atoms with Crippen LogP contribution in [-0.4, -0.2) is 9.97 Å². The standard InChI is InChI=1S/C6H4N2.C6H7N/c7-5-6-1-3-8-4-2-6;1-6-2-4-7-5-3-6/h1-4H;2-5H,1H3. The summed E-state index contributed by atoms with van der Waals surface area (Å²) < 4.78 is 0. The van der Waals surface area contributed by atoms with E-state index in [2.05, 4.69) is 9.97 Å². The van der Waals surface area contributed by atoms with Crippen molar-refractivity contribution < 1.29 is 0 Å². The van der Waals surface area contributed by atoms with Crippen LogP contribution in [0.1, 0.15) is 11.1 Å². The highest BCUT2D eigenvalue weighted by molar-refractivity contribution is 5.24. The van der Waals surface area contributed by atoms with Gasteiger partial charge in [0.15, 0.2) is 0 Å². The highest BCUT2D eigenvalue weighted by atomic mass is 14.6.